The lowest BCUT2D eigenvalue weighted by Crippen LogP contribution is -2.59. The number of benzene rings is 2. The molecule has 0 bridgehead atoms. The zero-order valence-corrected chi connectivity index (χ0v) is 24.9. The number of hydrogen-bond donors (Lipinski definition) is 3. The highest BCUT2D eigenvalue weighted by Crippen LogP contribution is 2.37. The number of hydrogen-bond acceptors (Lipinski definition) is 5. The first-order chi connectivity index (χ1) is 19.9. The SMILES string of the molecule is Cl.Cl.O=C(CN1CCN(C(=O)c2cc(C(F)(F)F)cc(C(F)(F)F)c2)[C@H](Cc2c[nH]c3ccccc23)C1)NN1CCNCC1. The van der Waals surface area contributed by atoms with Crippen LogP contribution >= 0.6 is 24.8 Å². The lowest BCUT2D eigenvalue weighted by Gasteiger charge is -2.41. The van der Waals surface area contributed by atoms with Crippen molar-refractivity contribution < 1.29 is 35.9 Å². The van der Waals surface area contributed by atoms with Crippen molar-refractivity contribution in [3.63, 3.8) is 0 Å². The maximum Gasteiger partial charge on any atom is 0.416 e. The molecule has 16 heteroatoms. The molecule has 2 amide bonds. The molecule has 2 saturated heterocycles. The summed E-state index contributed by atoms with van der Waals surface area (Å²) in [7, 11) is 0. The first-order valence-electron chi connectivity index (χ1n) is 13.5. The van der Waals surface area contributed by atoms with Crippen LogP contribution in [0.2, 0.25) is 0 Å². The van der Waals surface area contributed by atoms with E-state index in [0.29, 0.717) is 25.2 Å². The first kappa shape index (κ1) is 35.4. The van der Waals surface area contributed by atoms with Gasteiger partial charge >= 0.3 is 12.4 Å². The Morgan fingerprint density at radius 1 is 0.886 bits per heavy atom. The topological polar surface area (TPSA) is 83.7 Å². The summed E-state index contributed by atoms with van der Waals surface area (Å²) in [4.78, 5) is 32.7. The van der Waals surface area contributed by atoms with Crippen molar-refractivity contribution >= 4 is 47.5 Å². The Kier molecular flexibility index (Phi) is 11.6. The van der Waals surface area contributed by atoms with Gasteiger partial charge in [0, 0.05) is 74.5 Å². The Balaban J connectivity index is 0.00000264. The predicted octanol–water partition coefficient (Wildman–Crippen LogP) is 4.35. The van der Waals surface area contributed by atoms with Crippen molar-refractivity contribution in [1.29, 1.82) is 0 Å². The van der Waals surface area contributed by atoms with Crippen LogP contribution in [0.4, 0.5) is 26.3 Å². The number of fused-ring (bicyclic) bond motifs is 1. The smallest absolute Gasteiger partial charge is 0.361 e. The largest absolute Gasteiger partial charge is 0.416 e. The molecule has 2 aliphatic heterocycles. The van der Waals surface area contributed by atoms with E-state index in [9.17, 15) is 35.9 Å². The van der Waals surface area contributed by atoms with Gasteiger partial charge in [0.25, 0.3) is 5.91 Å². The van der Waals surface area contributed by atoms with Crippen LogP contribution in [0.25, 0.3) is 10.9 Å². The number of piperazine rings is 2. The normalized spacial score (nSPS) is 18.4. The van der Waals surface area contributed by atoms with Crippen molar-refractivity contribution in [3.8, 4) is 0 Å². The van der Waals surface area contributed by atoms with Crippen molar-refractivity contribution in [2.75, 3.05) is 52.4 Å². The molecule has 1 atom stereocenters. The Morgan fingerprint density at radius 2 is 1.52 bits per heavy atom. The van der Waals surface area contributed by atoms with E-state index in [1.54, 1.807) is 6.20 Å². The van der Waals surface area contributed by atoms with E-state index in [2.05, 4.69) is 15.7 Å². The highest BCUT2D eigenvalue weighted by atomic mass is 35.5. The van der Waals surface area contributed by atoms with Crippen LogP contribution in [-0.4, -0.2) is 90.0 Å². The number of aromatic nitrogens is 1. The molecule has 2 aromatic carbocycles. The third-order valence-corrected chi connectivity index (χ3v) is 7.56. The van der Waals surface area contributed by atoms with E-state index in [4.69, 9.17) is 0 Å². The summed E-state index contributed by atoms with van der Waals surface area (Å²) >= 11 is 0. The fourth-order valence-electron chi connectivity index (χ4n) is 5.50. The fraction of sp³-hybridized carbons (Fsp3) is 0.429. The number of aromatic amines is 1. The van der Waals surface area contributed by atoms with Gasteiger partial charge in [-0.3, -0.25) is 19.9 Å². The summed E-state index contributed by atoms with van der Waals surface area (Å²) in [5, 5.41) is 5.89. The maximum atomic E-state index is 13.6. The van der Waals surface area contributed by atoms with Crippen molar-refractivity contribution in [2.45, 2.75) is 24.8 Å². The molecule has 0 aliphatic carbocycles. The first-order valence-corrected chi connectivity index (χ1v) is 13.5. The molecule has 0 spiro atoms. The number of para-hydroxylation sites is 1. The van der Waals surface area contributed by atoms with Gasteiger partial charge in [0.2, 0.25) is 5.91 Å². The average molecular weight is 669 g/mol. The molecule has 0 radical (unpaired) electrons. The van der Waals surface area contributed by atoms with Crippen LogP contribution < -0.4 is 10.7 Å². The molecule has 44 heavy (non-hydrogen) atoms. The van der Waals surface area contributed by atoms with Gasteiger partial charge in [-0.15, -0.1) is 24.8 Å². The lowest BCUT2D eigenvalue weighted by molar-refractivity contribution is -0.143. The summed E-state index contributed by atoms with van der Waals surface area (Å²) in [6, 6.07) is 7.77. The summed E-state index contributed by atoms with van der Waals surface area (Å²) in [6.07, 6.45) is -8.10. The van der Waals surface area contributed by atoms with Crippen LogP contribution in [0.3, 0.4) is 0 Å². The Morgan fingerprint density at radius 3 is 2.16 bits per heavy atom. The Bertz CT molecular complexity index is 1410. The van der Waals surface area contributed by atoms with Gasteiger partial charge in [-0.25, -0.2) is 5.01 Å². The van der Waals surface area contributed by atoms with Crippen LogP contribution in [0, 0.1) is 0 Å². The highest BCUT2D eigenvalue weighted by molar-refractivity contribution is 5.95. The minimum absolute atomic E-state index is 0. The van der Waals surface area contributed by atoms with Gasteiger partial charge in [0.1, 0.15) is 0 Å². The molecule has 3 N–H and O–H groups in total. The predicted molar refractivity (Wildman–Crippen MR) is 157 cm³/mol. The van der Waals surface area contributed by atoms with E-state index >= 15 is 0 Å². The summed E-state index contributed by atoms with van der Waals surface area (Å²) in [5.74, 6) is -1.17. The minimum Gasteiger partial charge on any atom is -0.361 e. The number of nitrogens with zero attached hydrogens (tertiary/aromatic N) is 3. The maximum absolute atomic E-state index is 13.6. The zero-order chi connectivity index (χ0) is 30.1. The molecule has 5 rings (SSSR count). The van der Waals surface area contributed by atoms with Gasteiger partial charge in [-0.1, -0.05) is 18.2 Å². The highest BCUT2D eigenvalue weighted by Gasteiger charge is 2.39. The van der Waals surface area contributed by atoms with E-state index in [1.165, 1.54) is 4.90 Å². The fourth-order valence-corrected chi connectivity index (χ4v) is 5.50. The number of halogens is 8. The molecule has 3 aromatic rings. The van der Waals surface area contributed by atoms with Gasteiger partial charge in [0.05, 0.1) is 17.7 Å². The number of amides is 2. The Hall–Kier alpha value is -3.04. The van der Waals surface area contributed by atoms with Crippen LogP contribution in [0.1, 0.15) is 27.0 Å². The summed E-state index contributed by atoms with van der Waals surface area (Å²) in [6.45, 7) is 3.23. The molecular weight excluding hydrogens is 637 g/mol. The molecule has 3 heterocycles. The molecule has 0 saturated carbocycles. The molecule has 2 aliphatic rings. The number of nitrogens with one attached hydrogen (secondary N) is 3. The van der Waals surface area contributed by atoms with Crippen LogP contribution in [0.15, 0.2) is 48.7 Å². The molecular formula is C28H32Cl2F6N6O2. The number of carbonyl (C=O) groups excluding carboxylic acids is 2. The third kappa shape index (κ3) is 8.36. The molecule has 8 nitrogen and oxygen atoms in total. The third-order valence-electron chi connectivity index (χ3n) is 7.56. The van der Waals surface area contributed by atoms with Gasteiger partial charge in [0.15, 0.2) is 0 Å². The monoisotopic (exact) mass is 668 g/mol. The average Bonchev–Trinajstić information content (AvgIpc) is 3.35. The lowest BCUT2D eigenvalue weighted by atomic mass is 9.98. The number of rotatable bonds is 6. The molecule has 242 valence electrons. The van der Waals surface area contributed by atoms with E-state index in [0.717, 1.165) is 29.6 Å². The van der Waals surface area contributed by atoms with Crippen molar-refractivity contribution in [1.82, 2.24) is 30.5 Å². The number of hydrazine groups is 1. The number of H-pyrrole nitrogens is 1. The molecule has 2 fully saturated rings. The summed E-state index contributed by atoms with van der Waals surface area (Å²) < 4.78 is 81.1. The van der Waals surface area contributed by atoms with E-state index in [1.807, 2.05) is 34.2 Å². The second-order valence-electron chi connectivity index (χ2n) is 10.5. The molecule has 0 unspecified atom stereocenters. The van der Waals surface area contributed by atoms with Crippen molar-refractivity contribution in [2.24, 2.45) is 0 Å². The van der Waals surface area contributed by atoms with Crippen LogP contribution in [0.5, 0.6) is 0 Å². The van der Waals surface area contributed by atoms with Crippen molar-refractivity contribution in [3.05, 3.63) is 70.9 Å². The van der Waals surface area contributed by atoms with E-state index < -0.39 is 41.0 Å². The number of carbonyl (C=O) groups is 2. The second kappa shape index (κ2) is 14.4. The Labute approximate surface area is 261 Å². The summed E-state index contributed by atoms with van der Waals surface area (Å²) in [5.41, 5.74) is 0.770. The van der Waals surface area contributed by atoms with E-state index in [-0.39, 0.29) is 69.4 Å². The number of alkyl halides is 6. The quantitative estimate of drug-likeness (QED) is 0.340. The second-order valence-corrected chi connectivity index (χ2v) is 10.5. The molecule has 1 aromatic heterocycles. The van der Waals surface area contributed by atoms with Gasteiger partial charge < -0.3 is 15.2 Å². The zero-order valence-electron chi connectivity index (χ0n) is 23.3. The van der Waals surface area contributed by atoms with Gasteiger partial charge in [-0.05, 0) is 36.2 Å². The van der Waals surface area contributed by atoms with Crippen LogP contribution in [-0.2, 0) is 23.6 Å². The standard InChI is InChI=1S/C28H30F6N6O2.2ClH/c29-27(30,31)20-11-18(12-21(14-20)28(32,33)34)26(42)40-10-9-38(17-25(41)37-39-7-5-35-6-8-39)16-22(40)13-19-15-36-24-4-2-1-3-23(19)24;;/h1-4,11-12,14-15,22,35-36H,5-10,13,16-17H2,(H,37,41);2*1H/t22-;;/m1../s1. The minimum atomic E-state index is -5.07. The van der Waals surface area contributed by atoms with Gasteiger partial charge in [-0.2, -0.15) is 26.3 Å².